The first-order chi connectivity index (χ1) is 9.99. The zero-order chi connectivity index (χ0) is 15.4. The van der Waals surface area contributed by atoms with E-state index in [9.17, 15) is 9.59 Å². The Balaban J connectivity index is 0.00000242. The number of nitrogens with zero attached hydrogens (tertiary/aromatic N) is 1. The molecule has 0 spiro atoms. The van der Waals surface area contributed by atoms with Gasteiger partial charge in [-0.25, -0.2) is 0 Å². The number of carboxylic acid groups (broad SMARTS) is 1. The van der Waals surface area contributed by atoms with Crippen LogP contribution in [0.25, 0.3) is 0 Å². The molecule has 2 N–H and O–H groups in total. The van der Waals surface area contributed by atoms with Crippen molar-refractivity contribution >= 4 is 45.9 Å². The third kappa shape index (κ3) is 4.69. The molecule has 7 heteroatoms. The van der Waals surface area contributed by atoms with Gasteiger partial charge >= 0.3 is 5.97 Å². The fraction of sp³-hybridized carbons (Fsp3) is 0.467. The van der Waals surface area contributed by atoms with Crippen LogP contribution in [0.15, 0.2) is 28.7 Å². The molecule has 1 heterocycles. The van der Waals surface area contributed by atoms with E-state index in [1.54, 1.807) is 0 Å². The van der Waals surface area contributed by atoms with Crippen LogP contribution < -0.4 is 5.32 Å². The summed E-state index contributed by atoms with van der Waals surface area (Å²) in [6.07, 6.45) is 1.20. The molecular weight excluding hydrogens is 372 g/mol. The summed E-state index contributed by atoms with van der Waals surface area (Å²) in [7, 11) is 0. The van der Waals surface area contributed by atoms with E-state index in [4.69, 9.17) is 5.11 Å². The highest BCUT2D eigenvalue weighted by Crippen LogP contribution is 2.23. The zero-order valence-electron chi connectivity index (χ0n) is 12.3. The fourth-order valence-electron chi connectivity index (χ4n) is 2.50. The van der Waals surface area contributed by atoms with Crippen molar-refractivity contribution in [2.45, 2.75) is 25.8 Å². The molecule has 1 aliphatic heterocycles. The number of carboxylic acids is 1. The lowest BCUT2D eigenvalue weighted by Gasteiger charge is -2.33. The van der Waals surface area contributed by atoms with E-state index in [0.29, 0.717) is 25.9 Å². The van der Waals surface area contributed by atoms with Crippen LogP contribution in [-0.2, 0) is 9.59 Å². The second kappa shape index (κ2) is 8.50. The quantitative estimate of drug-likeness (QED) is 0.828. The van der Waals surface area contributed by atoms with Crippen molar-refractivity contribution in [3.63, 3.8) is 0 Å². The normalized spacial score (nSPS) is 17.4. The summed E-state index contributed by atoms with van der Waals surface area (Å²) < 4.78 is 0.843. The van der Waals surface area contributed by atoms with Crippen molar-refractivity contribution in [1.29, 1.82) is 0 Å². The number of halogens is 2. The van der Waals surface area contributed by atoms with Gasteiger partial charge in [-0.2, -0.15) is 0 Å². The summed E-state index contributed by atoms with van der Waals surface area (Å²) in [6.45, 7) is 3.14. The SMILES string of the molecule is CC(C(=O)Nc1ccccc1Br)N1CCC(C(=O)O)CC1.Cl. The lowest BCUT2D eigenvalue weighted by molar-refractivity contribution is -0.143. The minimum absolute atomic E-state index is 0. The van der Waals surface area contributed by atoms with Crippen LogP contribution in [0.5, 0.6) is 0 Å². The number of rotatable bonds is 4. The van der Waals surface area contributed by atoms with Gasteiger partial charge in [0.05, 0.1) is 17.6 Å². The summed E-state index contributed by atoms with van der Waals surface area (Å²) in [6, 6.07) is 7.19. The highest BCUT2D eigenvalue weighted by atomic mass is 79.9. The van der Waals surface area contributed by atoms with Crippen molar-refractivity contribution in [3.8, 4) is 0 Å². The molecule has 1 fully saturated rings. The predicted molar refractivity (Wildman–Crippen MR) is 91.4 cm³/mol. The Morgan fingerprint density at radius 2 is 1.91 bits per heavy atom. The van der Waals surface area contributed by atoms with E-state index in [2.05, 4.69) is 21.2 Å². The molecule has 0 bridgehead atoms. The van der Waals surface area contributed by atoms with E-state index < -0.39 is 5.97 Å². The van der Waals surface area contributed by atoms with Gasteiger partial charge < -0.3 is 10.4 Å². The summed E-state index contributed by atoms with van der Waals surface area (Å²) in [4.78, 5) is 25.3. The lowest BCUT2D eigenvalue weighted by Crippen LogP contribution is -2.47. The van der Waals surface area contributed by atoms with Gasteiger partial charge in [0, 0.05) is 4.47 Å². The van der Waals surface area contributed by atoms with Gasteiger partial charge in [-0.05, 0) is 60.9 Å². The summed E-state index contributed by atoms with van der Waals surface area (Å²) in [5.41, 5.74) is 0.745. The van der Waals surface area contributed by atoms with E-state index in [1.165, 1.54) is 0 Å². The molecular formula is C15H20BrClN2O3. The largest absolute Gasteiger partial charge is 0.481 e. The van der Waals surface area contributed by atoms with E-state index in [1.807, 2.05) is 36.1 Å². The molecule has 1 atom stereocenters. The van der Waals surface area contributed by atoms with Crippen molar-refractivity contribution in [1.82, 2.24) is 4.90 Å². The number of para-hydroxylation sites is 1. The molecule has 1 aliphatic rings. The second-order valence-electron chi connectivity index (χ2n) is 5.29. The average Bonchev–Trinajstić information content (AvgIpc) is 2.49. The van der Waals surface area contributed by atoms with Gasteiger partial charge in [0.15, 0.2) is 0 Å². The van der Waals surface area contributed by atoms with Gasteiger partial charge in [-0.1, -0.05) is 12.1 Å². The number of hydrogen-bond donors (Lipinski definition) is 2. The van der Waals surface area contributed by atoms with E-state index in [-0.39, 0.29) is 30.3 Å². The molecule has 0 aromatic heterocycles. The van der Waals surface area contributed by atoms with Gasteiger partial charge in [0.2, 0.25) is 5.91 Å². The van der Waals surface area contributed by atoms with Gasteiger partial charge in [0.25, 0.3) is 0 Å². The van der Waals surface area contributed by atoms with Crippen molar-refractivity contribution in [2.24, 2.45) is 5.92 Å². The number of aliphatic carboxylic acids is 1. The van der Waals surface area contributed by atoms with Gasteiger partial charge in [-0.3, -0.25) is 14.5 Å². The monoisotopic (exact) mass is 390 g/mol. The molecule has 1 aromatic rings. The number of carbonyl (C=O) groups is 2. The third-order valence-corrected chi connectivity index (χ3v) is 4.63. The first-order valence-corrected chi connectivity index (χ1v) is 7.80. The minimum Gasteiger partial charge on any atom is -0.481 e. The predicted octanol–water partition coefficient (Wildman–Crippen LogP) is 2.99. The van der Waals surface area contributed by atoms with Crippen molar-refractivity contribution < 1.29 is 14.7 Å². The highest BCUT2D eigenvalue weighted by molar-refractivity contribution is 9.10. The number of nitrogens with one attached hydrogen (secondary N) is 1. The Kier molecular flexibility index (Phi) is 7.32. The molecule has 122 valence electrons. The third-order valence-electron chi connectivity index (χ3n) is 3.94. The topological polar surface area (TPSA) is 69.6 Å². The van der Waals surface area contributed by atoms with Crippen LogP contribution in [0.3, 0.4) is 0 Å². The summed E-state index contributed by atoms with van der Waals surface area (Å²) >= 11 is 3.40. The Bertz CT molecular complexity index is 533. The van der Waals surface area contributed by atoms with Crippen LogP contribution in [0, 0.1) is 5.92 Å². The van der Waals surface area contributed by atoms with Crippen LogP contribution in [0.2, 0.25) is 0 Å². The number of amides is 1. The molecule has 1 unspecified atom stereocenters. The fourth-order valence-corrected chi connectivity index (χ4v) is 2.88. The van der Waals surface area contributed by atoms with Gasteiger partial charge in [0.1, 0.15) is 0 Å². The average molecular weight is 392 g/mol. The lowest BCUT2D eigenvalue weighted by atomic mass is 9.96. The first-order valence-electron chi connectivity index (χ1n) is 7.01. The first kappa shape index (κ1) is 18.9. The standard InChI is InChI=1S/C15H19BrN2O3.ClH/c1-10(18-8-6-11(7-9-18)15(20)21)14(19)17-13-5-3-2-4-12(13)16;/h2-5,10-11H,6-9H2,1H3,(H,17,19)(H,20,21);1H. The van der Waals surface area contributed by atoms with Crippen molar-refractivity contribution in [3.05, 3.63) is 28.7 Å². The number of benzene rings is 1. The number of likely N-dealkylation sites (tertiary alicyclic amines) is 1. The molecule has 1 aromatic carbocycles. The maximum Gasteiger partial charge on any atom is 0.306 e. The number of carbonyl (C=O) groups excluding carboxylic acids is 1. The summed E-state index contributed by atoms with van der Waals surface area (Å²) in [5, 5.41) is 11.9. The molecule has 1 amide bonds. The van der Waals surface area contributed by atoms with Crippen LogP contribution in [0.1, 0.15) is 19.8 Å². The Hall–Kier alpha value is -1.11. The Labute approximate surface area is 144 Å². The molecule has 5 nitrogen and oxygen atoms in total. The van der Waals surface area contributed by atoms with Crippen LogP contribution >= 0.6 is 28.3 Å². The zero-order valence-corrected chi connectivity index (χ0v) is 14.7. The molecule has 0 aliphatic carbocycles. The molecule has 0 saturated carbocycles. The van der Waals surface area contributed by atoms with E-state index >= 15 is 0 Å². The Morgan fingerprint density at radius 3 is 2.45 bits per heavy atom. The summed E-state index contributed by atoms with van der Waals surface area (Å²) in [5.74, 6) is -1.09. The number of piperidine rings is 1. The van der Waals surface area contributed by atoms with E-state index in [0.717, 1.165) is 10.2 Å². The smallest absolute Gasteiger partial charge is 0.306 e. The maximum atomic E-state index is 12.3. The molecule has 0 radical (unpaired) electrons. The minimum atomic E-state index is -0.736. The van der Waals surface area contributed by atoms with Crippen molar-refractivity contribution in [2.75, 3.05) is 18.4 Å². The second-order valence-corrected chi connectivity index (χ2v) is 6.15. The highest BCUT2D eigenvalue weighted by Gasteiger charge is 2.29. The Morgan fingerprint density at radius 1 is 1.32 bits per heavy atom. The number of anilines is 1. The van der Waals surface area contributed by atoms with Crippen LogP contribution in [0.4, 0.5) is 5.69 Å². The molecule has 22 heavy (non-hydrogen) atoms. The number of hydrogen-bond acceptors (Lipinski definition) is 3. The molecule has 1 saturated heterocycles. The van der Waals surface area contributed by atoms with Gasteiger partial charge in [-0.15, -0.1) is 12.4 Å². The maximum absolute atomic E-state index is 12.3. The van der Waals surface area contributed by atoms with Crippen LogP contribution in [-0.4, -0.2) is 41.0 Å². The molecule has 2 rings (SSSR count).